The number of carbonyl (C=O) groups excluding carboxylic acids is 1. The summed E-state index contributed by atoms with van der Waals surface area (Å²) in [6.45, 7) is 2.00. The highest BCUT2D eigenvalue weighted by molar-refractivity contribution is 5.91. The molecule has 12 heteroatoms. The van der Waals surface area contributed by atoms with Crippen molar-refractivity contribution in [3.05, 3.63) is 65.0 Å². The predicted octanol–water partition coefficient (Wildman–Crippen LogP) is 2.30. The number of amides is 1. The zero-order valence-corrected chi connectivity index (χ0v) is 16.6. The third-order valence-corrected chi connectivity index (χ3v) is 5.35. The van der Waals surface area contributed by atoms with Gasteiger partial charge < -0.3 is 9.88 Å². The van der Waals surface area contributed by atoms with E-state index in [1.54, 1.807) is 14.0 Å². The molecule has 1 atom stereocenters. The Kier molecular flexibility index (Phi) is 4.14. The van der Waals surface area contributed by atoms with Gasteiger partial charge in [0.2, 0.25) is 5.82 Å². The van der Waals surface area contributed by atoms with Gasteiger partial charge in [-0.1, -0.05) is 0 Å². The van der Waals surface area contributed by atoms with E-state index in [2.05, 4.69) is 25.1 Å². The molecule has 0 aromatic carbocycles. The van der Waals surface area contributed by atoms with Gasteiger partial charge >= 0.3 is 6.18 Å². The van der Waals surface area contributed by atoms with Gasteiger partial charge in [-0.05, 0) is 25.1 Å². The molecule has 160 valence electrons. The number of rotatable bonds is 2. The first-order valence-corrected chi connectivity index (χ1v) is 9.50. The van der Waals surface area contributed by atoms with Gasteiger partial charge in [0.15, 0.2) is 0 Å². The fraction of sp³-hybridized carbons (Fsp3) is 0.316. The number of H-pyrrole nitrogens is 1. The maximum Gasteiger partial charge on any atom is 0.418 e. The van der Waals surface area contributed by atoms with E-state index in [9.17, 15) is 18.0 Å². The van der Waals surface area contributed by atoms with Crippen LogP contribution in [0.5, 0.6) is 0 Å². The van der Waals surface area contributed by atoms with Crippen LogP contribution in [0.25, 0.3) is 5.52 Å². The molecule has 31 heavy (non-hydrogen) atoms. The number of imidazole rings is 1. The molecule has 0 unspecified atom stereocenters. The Hall–Kier alpha value is -3.70. The van der Waals surface area contributed by atoms with E-state index in [4.69, 9.17) is 0 Å². The molecule has 4 aromatic heterocycles. The normalized spacial score (nSPS) is 16.7. The van der Waals surface area contributed by atoms with Gasteiger partial charge in [0.1, 0.15) is 11.9 Å². The molecule has 0 radical (unpaired) electrons. The Labute approximate surface area is 173 Å². The fourth-order valence-corrected chi connectivity index (χ4v) is 4.03. The van der Waals surface area contributed by atoms with Gasteiger partial charge in [-0.2, -0.15) is 23.4 Å². The monoisotopic (exact) mass is 430 g/mol. The molecule has 1 aliphatic rings. The molecule has 9 nitrogen and oxygen atoms in total. The lowest BCUT2D eigenvalue weighted by atomic mass is 9.99. The average molecular weight is 430 g/mol. The first kappa shape index (κ1) is 19.3. The van der Waals surface area contributed by atoms with Crippen molar-refractivity contribution in [1.82, 2.24) is 39.2 Å². The third-order valence-electron chi connectivity index (χ3n) is 5.35. The maximum atomic E-state index is 13.5. The summed E-state index contributed by atoms with van der Waals surface area (Å²) in [7, 11) is 1.62. The van der Waals surface area contributed by atoms with Crippen LogP contribution in [0.2, 0.25) is 0 Å². The molecule has 0 bridgehead atoms. The van der Waals surface area contributed by atoms with Crippen molar-refractivity contribution in [1.29, 1.82) is 0 Å². The molecule has 0 fully saturated rings. The minimum atomic E-state index is -4.53. The summed E-state index contributed by atoms with van der Waals surface area (Å²) in [6.07, 6.45) is -1.05. The first-order valence-electron chi connectivity index (χ1n) is 9.50. The van der Waals surface area contributed by atoms with Crippen LogP contribution in [0, 0.1) is 6.92 Å². The highest BCUT2D eigenvalue weighted by Crippen LogP contribution is 2.37. The number of alkyl halides is 3. The number of carbonyl (C=O) groups is 1. The number of aryl methyl sites for hydroxylation is 2. The molecule has 4 aromatic rings. The molecule has 1 N–H and O–H groups in total. The zero-order chi connectivity index (χ0) is 21.9. The number of nitrogens with zero attached hydrogens (tertiary/aromatic N) is 7. The molecular formula is C19H17F3N8O. The topological polar surface area (TPSA) is 97.0 Å². The van der Waals surface area contributed by atoms with Crippen molar-refractivity contribution >= 4 is 11.4 Å². The summed E-state index contributed by atoms with van der Waals surface area (Å²) >= 11 is 0. The lowest BCUT2D eigenvalue weighted by molar-refractivity contribution is -0.136. The van der Waals surface area contributed by atoms with E-state index in [1.165, 1.54) is 38.8 Å². The van der Waals surface area contributed by atoms with Crippen LogP contribution in [0.15, 0.2) is 30.7 Å². The van der Waals surface area contributed by atoms with Gasteiger partial charge in [-0.15, -0.1) is 0 Å². The van der Waals surface area contributed by atoms with E-state index in [0.29, 0.717) is 24.5 Å². The predicted molar refractivity (Wildman–Crippen MR) is 101 cm³/mol. The summed E-state index contributed by atoms with van der Waals surface area (Å²) in [6, 6.07) is 2.89. The van der Waals surface area contributed by atoms with Crippen molar-refractivity contribution in [2.45, 2.75) is 25.6 Å². The second-order valence-electron chi connectivity index (χ2n) is 7.34. The Morgan fingerprint density at radius 3 is 2.81 bits per heavy atom. The number of aromatic nitrogens is 7. The maximum absolute atomic E-state index is 13.5. The molecule has 5 rings (SSSR count). The summed E-state index contributed by atoms with van der Waals surface area (Å²) in [5.74, 6) is 0.193. The smallest absolute Gasteiger partial charge is 0.348 e. The van der Waals surface area contributed by atoms with Crippen LogP contribution in [-0.2, 0) is 19.6 Å². The molecule has 1 amide bonds. The highest BCUT2D eigenvalue weighted by Gasteiger charge is 2.39. The van der Waals surface area contributed by atoms with Crippen molar-refractivity contribution in [2.75, 3.05) is 6.54 Å². The van der Waals surface area contributed by atoms with Crippen molar-refractivity contribution < 1.29 is 18.0 Å². The Morgan fingerprint density at radius 1 is 1.29 bits per heavy atom. The highest BCUT2D eigenvalue weighted by atomic mass is 19.4. The minimum Gasteiger partial charge on any atom is -0.348 e. The largest absolute Gasteiger partial charge is 0.418 e. The van der Waals surface area contributed by atoms with Gasteiger partial charge in [-0.3, -0.25) is 4.79 Å². The van der Waals surface area contributed by atoms with Gasteiger partial charge in [0, 0.05) is 31.9 Å². The molecule has 0 aliphatic carbocycles. The SMILES string of the molecule is Cc1nc(C(=O)N2CCc3[nH]cnc3[C@@H]2c2cc3c(C(F)(F)F)cccn3n2)n(C)n1. The molecule has 1 aliphatic heterocycles. The Bertz CT molecular complexity index is 1300. The Morgan fingerprint density at radius 2 is 2.10 bits per heavy atom. The van der Waals surface area contributed by atoms with Crippen LogP contribution in [-0.4, -0.2) is 51.7 Å². The molecule has 0 saturated heterocycles. The first-order chi connectivity index (χ1) is 14.7. The van der Waals surface area contributed by atoms with Crippen LogP contribution in [0.4, 0.5) is 13.2 Å². The number of nitrogens with one attached hydrogen (secondary N) is 1. The quantitative estimate of drug-likeness (QED) is 0.526. The zero-order valence-electron chi connectivity index (χ0n) is 16.6. The van der Waals surface area contributed by atoms with E-state index >= 15 is 0 Å². The summed E-state index contributed by atoms with van der Waals surface area (Å²) < 4.78 is 43.0. The van der Waals surface area contributed by atoms with E-state index in [1.807, 2.05) is 0 Å². The van der Waals surface area contributed by atoms with Crippen molar-refractivity contribution in [3.8, 4) is 0 Å². The average Bonchev–Trinajstić information content (AvgIpc) is 3.42. The van der Waals surface area contributed by atoms with Gasteiger partial charge in [0.05, 0.1) is 28.8 Å². The number of aromatic amines is 1. The van der Waals surface area contributed by atoms with Gasteiger partial charge in [0.25, 0.3) is 5.91 Å². The van der Waals surface area contributed by atoms with Crippen molar-refractivity contribution in [3.63, 3.8) is 0 Å². The van der Waals surface area contributed by atoms with E-state index < -0.39 is 23.7 Å². The lowest BCUT2D eigenvalue weighted by Crippen LogP contribution is -2.42. The number of pyridine rings is 1. The van der Waals surface area contributed by atoms with E-state index in [-0.39, 0.29) is 17.0 Å². The molecule has 5 heterocycles. The lowest BCUT2D eigenvalue weighted by Gasteiger charge is -2.33. The third kappa shape index (κ3) is 3.05. The summed E-state index contributed by atoms with van der Waals surface area (Å²) in [5.41, 5.74) is 0.770. The second-order valence-corrected chi connectivity index (χ2v) is 7.34. The number of halogens is 3. The van der Waals surface area contributed by atoms with Crippen LogP contribution in [0.3, 0.4) is 0 Å². The van der Waals surface area contributed by atoms with Crippen LogP contribution in [0.1, 0.15) is 45.1 Å². The number of hydrogen-bond acceptors (Lipinski definition) is 5. The van der Waals surface area contributed by atoms with Crippen LogP contribution >= 0.6 is 0 Å². The van der Waals surface area contributed by atoms with Gasteiger partial charge in [-0.25, -0.2) is 19.2 Å². The standard InChI is InChI=1S/C19H17F3N8O/c1-10-25-17(28(2)26-10)18(31)29-7-5-12-15(24-9-23-12)16(29)13-8-14-11(19(20,21)22)4-3-6-30(14)27-13/h3-4,6,8-9,16H,5,7H2,1-2H3,(H,23,24)/t16-/m0/s1. The molecular weight excluding hydrogens is 413 g/mol. The number of fused-ring (bicyclic) bond motifs is 2. The second kappa shape index (κ2) is 6.65. The van der Waals surface area contributed by atoms with Crippen LogP contribution < -0.4 is 0 Å². The molecule has 0 spiro atoms. The van der Waals surface area contributed by atoms with E-state index in [0.717, 1.165) is 11.8 Å². The Balaban J connectivity index is 1.66. The minimum absolute atomic E-state index is 0.0884. The molecule has 0 saturated carbocycles. The summed E-state index contributed by atoms with van der Waals surface area (Å²) in [4.78, 5) is 26.5. The number of hydrogen-bond donors (Lipinski definition) is 1. The van der Waals surface area contributed by atoms with Crippen molar-refractivity contribution in [2.24, 2.45) is 7.05 Å². The fourth-order valence-electron chi connectivity index (χ4n) is 4.03. The summed E-state index contributed by atoms with van der Waals surface area (Å²) in [5, 5.41) is 8.49.